The molecule has 2 heteroatoms. The summed E-state index contributed by atoms with van der Waals surface area (Å²) in [6, 6.07) is 0. The summed E-state index contributed by atoms with van der Waals surface area (Å²) in [6.45, 7) is 4.06. The summed E-state index contributed by atoms with van der Waals surface area (Å²) in [4.78, 5) is 0. The largest absolute Gasteiger partial charge is 0.175 e. The van der Waals surface area contributed by atoms with E-state index >= 15 is 0 Å². The highest BCUT2D eigenvalue weighted by Gasteiger charge is 1.97. The van der Waals surface area contributed by atoms with Crippen LogP contribution < -0.4 is 0 Å². The third kappa shape index (κ3) is 2.91. The molecule has 38 valence electrons. The van der Waals surface area contributed by atoms with Crippen LogP contribution in [0.15, 0.2) is 0 Å². The lowest BCUT2D eigenvalue weighted by molar-refractivity contribution is 0.941. The molecule has 0 radical (unpaired) electrons. The second kappa shape index (κ2) is 2.80. The first-order chi connectivity index (χ1) is 2.64. The first kappa shape index (κ1) is 6.70. The Bertz CT molecular complexity index is 26.5. The van der Waals surface area contributed by atoms with E-state index in [0.717, 1.165) is 0 Å². The van der Waals surface area contributed by atoms with Crippen molar-refractivity contribution >= 4 is 25.3 Å². The topological polar surface area (TPSA) is 0 Å². The number of hydrogen-bond acceptors (Lipinski definition) is 2. The Balaban J connectivity index is 2.99. The molecule has 6 heavy (non-hydrogen) atoms. The number of rotatable bonds is 1. The lowest BCUT2D eigenvalue weighted by Gasteiger charge is -2.03. The van der Waals surface area contributed by atoms with E-state index in [1.165, 1.54) is 0 Å². The molecule has 0 spiro atoms. The van der Waals surface area contributed by atoms with E-state index in [-0.39, 0.29) is 0 Å². The van der Waals surface area contributed by atoms with Crippen LogP contribution in [0, 0.1) is 0 Å². The molecule has 0 aromatic rings. The maximum absolute atomic E-state index is 4.12. The Kier molecular flexibility index (Phi) is 3.13. The number of hydrogen-bond donors (Lipinski definition) is 2. The van der Waals surface area contributed by atoms with Gasteiger partial charge in [-0.15, -0.1) is 0 Å². The van der Waals surface area contributed by atoms with Gasteiger partial charge in [0.25, 0.3) is 0 Å². The van der Waals surface area contributed by atoms with Gasteiger partial charge in [0, 0.05) is 10.5 Å². The van der Waals surface area contributed by atoms with Gasteiger partial charge in [0.1, 0.15) is 0 Å². The minimum absolute atomic E-state index is 0.410. The van der Waals surface area contributed by atoms with Gasteiger partial charge in [-0.25, -0.2) is 0 Å². The van der Waals surface area contributed by atoms with Crippen molar-refractivity contribution in [1.29, 1.82) is 0 Å². The molecular formula is C4H10S2. The van der Waals surface area contributed by atoms with Crippen LogP contribution in [-0.2, 0) is 0 Å². The van der Waals surface area contributed by atoms with Gasteiger partial charge in [-0.05, 0) is 0 Å². The van der Waals surface area contributed by atoms with Gasteiger partial charge < -0.3 is 0 Å². The zero-order chi connectivity index (χ0) is 5.15. The lowest BCUT2D eigenvalue weighted by Crippen LogP contribution is -2.04. The van der Waals surface area contributed by atoms with Crippen LogP contribution >= 0.6 is 25.3 Å². The fourth-order valence-corrected chi connectivity index (χ4v) is 0. The van der Waals surface area contributed by atoms with Gasteiger partial charge in [-0.1, -0.05) is 13.8 Å². The van der Waals surface area contributed by atoms with Gasteiger partial charge in [0.05, 0.1) is 0 Å². The molecule has 0 saturated carbocycles. The van der Waals surface area contributed by atoms with Gasteiger partial charge in [0.15, 0.2) is 0 Å². The Morgan fingerprint density at radius 2 is 1.17 bits per heavy atom. The molecule has 0 aromatic carbocycles. The van der Waals surface area contributed by atoms with E-state index in [2.05, 4.69) is 25.3 Å². The monoisotopic (exact) mass is 122 g/mol. The van der Waals surface area contributed by atoms with Crippen LogP contribution in [0.2, 0.25) is 0 Å². The molecule has 0 aliphatic rings. The van der Waals surface area contributed by atoms with Crippen molar-refractivity contribution in [2.24, 2.45) is 0 Å². The first-order valence-corrected chi connectivity index (χ1v) is 3.04. The minimum Gasteiger partial charge on any atom is -0.175 e. The standard InChI is InChI=1S/C4H10S2/c1-3(5)4(2)6/h3-6H,1-2H3/t3-,4+. The summed E-state index contributed by atoms with van der Waals surface area (Å²) < 4.78 is 0. The van der Waals surface area contributed by atoms with E-state index in [9.17, 15) is 0 Å². The molecule has 0 unspecified atom stereocenters. The Morgan fingerprint density at radius 3 is 1.17 bits per heavy atom. The molecule has 0 aromatic heterocycles. The SMILES string of the molecule is C[C@H](S)[C@@H](C)S. The predicted octanol–water partition coefficient (Wildman–Crippen LogP) is 1.62. The second-order valence-corrected chi connectivity index (χ2v) is 3.11. The predicted molar refractivity (Wildman–Crippen MR) is 36.9 cm³/mol. The molecular weight excluding hydrogens is 112 g/mol. The molecule has 2 atom stereocenters. The van der Waals surface area contributed by atoms with Gasteiger partial charge >= 0.3 is 0 Å². The number of thiol groups is 2. The van der Waals surface area contributed by atoms with Crippen molar-refractivity contribution in [1.82, 2.24) is 0 Å². The summed E-state index contributed by atoms with van der Waals surface area (Å²) >= 11 is 8.23. The molecule has 0 aliphatic heterocycles. The smallest absolute Gasteiger partial charge is 0.0102 e. The van der Waals surface area contributed by atoms with E-state index in [0.29, 0.717) is 10.5 Å². The molecule has 0 aliphatic carbocycles. The Morgan fingerprint density at radius 1 is 1.00 bits per heavy atom. The highest BCUT2D eigenvalue weighted by atomic mass is 32.1. The lowest BCUT2D eigenvalue weighted by atomic mass is 10.4. The maximum Gasteiger partial charge on any atom is 0.0102 e. The van der Waals surface area contributed by atoms with Gasteiger partial charge in [0.2, 0.25) is 0 Å². The quantitative estimate of drug-likeness (QED) is 0.485. The van der Waals surface area contributed by atoms with E-state index in [1.807, 2.05) is 13.8 Å². The van der Waals surface area contributed by atoms with Crippen LogP contribution in [0.5, 0.6) is 0 Å². The summed E-state index contributed by atoms with van der Waals surface area (Å²) in [5, 5.41) is 0.821. The summed E-state index contributed by atoms with van der Waals surface area (Å²) in [7, 11) is 0. The molecule has 0 fully saturated rings. The van der Waals surface area contributed by atoms with Gasteiger partial charge in [-0.2, -0.15) is 25.3 Å². The zero-order valence-electron chi connectivity index (χ0n) is 4.05. The third-order valence-electron chi connectivity index (χ3n) is 0.698. The second-order valence-electron chi connectivity index (χ2n) is 1.48. The van der Waals surface area contributed by atoms with E-state index in [1.54, 1.807) is 0 Å². The van der Waals surface area contributed by atoms with Crippen molar-refractivity contribution in [3.05, 3.63) is 0 Å². The summed E-state index contributed by atoms with van der Waals surface area (Å²) in [5.41, 5.74) is 0. The molecule has 0 rings (SSSR count). The van der Waals surface area contributed by atoms with E-state index in [4.69, 9.17) is 0 Å². The minimum atomic E-state index is 0.410. The fraction of sp³-hybridized carbons (Fsp3) is 1.00. The normalized spacial score (nSPS) is 20.0. The third-order valence-corrected chi connectivity index (χ3v) is 1.83. The zero-order valence-corrected chi connectivity index (χ0v) is 5.84. The van der Waals surface area contributed by atoms with E-state index < -0.39 is 0 Å². The Labute approximate surface area is 50.1 Å². The van der Waals surface area contributed by atoms with Crippen molar-refractivity contribution in [3.63, 3.8) is 0 Å². The summed E-state index contributed by atoms with van der Waals surface area (Å²) in [6.07, 6.45) is 0. The van der Waals surface area contributed by atoms with Crippen LogP contribution in [-0.4, -0.2) is 10.5 Å². The van der Waals surface area contributed by atoms with Crippen molar-refractivity contribution in [2.45, 2.75) is 24.3 Å². The Hall–Kier alpha value is 0.700. The van der Waals surface area contributed by atoms with Crippen LogP contribution in [0.3, 0.4) is 0 Å². The average Bonchev–Trinajstić information content (AvgIpc) is 1.36. The molecule has 0 N–H and O–H groups in total. The van der Waals surface area contributed by atoms with Crippen LogP contribution in [0.1, 0.15) is 13.8 Å². The van der Waals surface area contributed by atoms with Crippen molar-refractivity contribution < 1.29 is 0 Å². The van der Waals surface area contributed by atoms with Crippen molar-refractivity contribution in [3.8, 4) is 0 Å². The summed E-state index contributed by atoms with van der Waals surface area (Å²) in [5.74, 6) is 0. The highest BCUT2D eigenvalue weighted by molar-refractivity contribution is 7.85. The molecule has 0 bridgehead atoms. The van der Waals surface area contributed by atoms with Gasteiger partial charge in [-0.3, -0.25) is 0 Å². The molecule has 0 nitrogen and oxygen atoms in total. The van der Waals surface area contributed by atoms with Crippen molar-refractivity contribution in [2.75, 3.05) is 0 Å². The average molecular weight is 122 g/mol. The van der Waals surface area contributed by atoms with Crippen LogP contribution in [0.4, 0.5) is 0 Å². The first-order valence-electron chi connectivity index (χ1n) is 2.00. The maximum atomic E-state index is 4.12. The molecule has 0 amide bonds. The van der Waals surface area contributed by atoms with Crippen LogP contribution in [0.25, 0.3) is 0 Å². The molecule has 0 heterocycles. The highest BCUT2D eigenvalue weighted by Crippen LogP contribution is 2.04. The molecule has 0 saturated heterocycles. The fourth-order valence-electron chi connectivity index (χ4n) is 0.